The first kappa shape index (κ1) is 20.0. The number of aromatic nitrogens is 1. The summed E-state index contributed by atoms with van der Waals surface area (Å²) in [5, 5.41) is 2.86. The van der Waals surface area contributed by atoms with Crippen molar-refractivity contribution in [3.8, 4) is 11.6 Å². The molecular formula is C21H24F2N2O3. The average molecular weight is 390 g/mol. The molecule has 0 bridgehead atoms. The van der Waals surface area contributed by atoms with E-state index in [2.05, 4.69) is 15.0 Å². The van der Waals surface area contributed by atoms with Gasteiger partial charge in [0.15, 0.2) is 0 Å². The van der Waals surface area contributed by atoms with Crippen LogP contribution in [0.15, 0.2) is 42.6 Å². The minimum absolute atomic E-state index is 0.0841. The molecule has 1 aliphatic rings. The average Bonchev–Trinajstić information content (AvgIpc) is 3.19. The van der Waals surface area contributed by atoms with Crippen molar-refractivity contribution in [3.63, 3.8) is 0 Å². The van der Waals surface area contributed by atoms with E-state index in [1.54, 1.807) is 18.3 Å². The van der Waals surface area contributed by atoms with Gasteiger partial charge in [0.25, 0.3) is 0 Å². The molecule has 1 fully saturated rings. The molecule has 0 spiro atoms. The molecule has 0 aliphatic heterocycles. The van der Waals surface area contributed by atoms with Crippen molar-refractivity contribution >= 4 is 5.91 Å². The number of carbonyl (C=O) groups excluding carboxylic acids is 1. The van der Waals surface area contributed by atoms with Gasteiger partial charge in [0, 0.05) is 25.2 Å². The summed E-state index contributed by atoms with van der Waals surface area (Å²) in [5.74, 6) is 0.650. The fraction of sp³-hybridized carbons (Fsp3) is 0.429. The highest BCUT2D eigenvalue weighted by Gasteiger charge is 2.16. The topological polar surface area (TPSA) is 60.5 Å². The number of nitrogens with zero attached hydrogens (tertiary/aromatic N) is 1. The van der Waals surface area contributed by atoms with Crippen molar-refractivity contribution in [1.82, 2.24) is 10.3 Å². The Morgan fingerprint density at radius 3 is 2.46 bits per heavy atom. The summed E-state index contributed by atoms with van der Waals surface area (Å²) in [6.45, 7) is -2.44. The number of pyridine rings is 1. The van der Waals surface area contributed by atoms with Crippen LogP contribution in [0.5, 0.6) is 11.6 Å². The summed E-state index contributed by atoms with van der Waals surface area (Å²) in [6.07, 6.45) is 7.41. The number of rotatable bonds is 9. The fourth-order valence-corrected chi connectivity index (χ4v) is 3.15. The lowest BCUT2D eigenvalue weighted by Gasteiger charge is -2.12. The van der Waals surface area contributed by atoms with Crippen LogP contribution in [-0.4, -0.2) is 23.6 Å². The molecule has 7 heteroatoms. The Balaban J connectivity index is 1.37. The third-order valence-corrected chi connectivity index (χ3v) is 4.67. The van der Waals surface area contributed by atoms with E-state index in [1.165, 1.54) is 25.0 Å². The van der Waals surface area contributed by atoms with Crippen LogP contribution in [0.3, 0.4) is 0 Å². The molecule has 1 aliphatic carbocycles. The number of hydrogen-bond acceptors (Lipinski definition) is 4. The Kier molecular flexibility index (Phi) is 7.17. The lowest BCUT2D eigenvalue weighted by Crippen LogP contribution is -2.23. The third kappa shape index (κ3) is 6.48. The van der Waals surface area contributed by atoms with Crippen LogP contribution in [0.1, 0.15) is 43.2 Å². The highest BCUT2D eigenvalue weighted by Crippen LogP contribution is 2.22. The van der Waals surface area contributed by atoms with Crippen LogP contribution in [0, 0.1) is 0 Å². The molecule has 1 aromatic carbocycles. The Labute approximate surface area is 163 Å². The fourth-order valence-electron chi connectivity index (χ4n) is 3.15. The van der Waals surface area contributed by atoms with Gasteiger partial charge in [-0.3, -0.25) is 4.79 Å². The summed E-state index contributed by atoms with van der Waals surface area (Å²) in [7, 11) is 0. The number of amides is 1. The molecule has 1 aromatic heterocycles. The minimum atomic E-state index is -2.84. The lowest BCUT2D eigenvalue weighted by molar-refractivity contribution is -0.121. The smallest absolute Gasteiger partial charge is 0.387 e. The molecule has 28 heavy (non-hydrogen) atoms. The number of halogens is 2. The minimum Gasteiger partial charge on any atom is -0.474 e. The van der Waals surface area contributed by atoms with E-state index in [1.807, 2.05) is 12.1 Å². The second-order valence-electron chi connectivity index (χ2n) is 6.83. The van der Waals surface area contributed by atoms with Crippen LogP contribution in [0.25, 0.3) is 0 Å². The van der Waals surface area contributed by atoms with Crippen molar-refractivity contribution in [2.45, 2.75) is 57.8 Å². The Morgan fingerprint density at radius 2 is 1.82 bits per heavy atom. The van der Waals surface area contributed by atoms with E-state index in [4.69, 9.17) is 4.74 Å². The SMILES string of the molecule is O=C(CCc1ccc(OC(F)F)cc1)NCc1ccc(OC2CCCC2)nc1. The summed E-state index contributed by atoms with van der Waals surface area (Å²) in [6, 6.07) is 10.0. The first-order valence-corrected chi connectivity index (χ1v) is 9.50. The molecule has 0 atom stereocenters. The molecule has 0 saturated heterocycles. The van der Waals surface area contributed by atoms with E-state index >= 15 is 0 Å². The number of hydrogen-bond donors (Lipinski definition) is 1. The zero-order valence-electron chi connectivity index (χ0n) is 15.6. The van der Waals surface area contributed by atoms with Crippen LogP contribution in [-0.2, 0) is 17.8 Å². The van der Waals surface area contributed by atoms with Crippen molar-refractivity contribution in [2.75, 3.05) is 0 Å². The van der Waals surface area contributed by atoms with Crippen LogP contribution in [0.4, 0.5) is 8.78 Å². The van der Waals surface area contributed by atoms with Gasteiger partial charge in [0.2, 0.25) is 11.8 Å². The van der Waals surface area contributed by atoms with Gasteiger partial charge < -0.3 is 14.8 Å². The quantitative estimate of drug-likeness (QED) is 0.695. The van der Waals surface area contributed by atoms with Crippen LogP contribution < -0.4 is 14.8 Å². The standard InChI is InChI=1S/C21H24F2N2O3/c22-21(23)28-18-9-5-15(6-10-18)7-11-19(26)24-13-16-8-12-20(25-14-16)27-17-3-1-2-4-17/h5-6,8-10,12,14,17,21H,1-4,7,11,13H2,(H,24,26). The molecule has 3 rings (SSSR count). The number of ether oxygens (including phenoxy) is 2. The van der Waals surface area contributed by atoms with E-state index < -0.39 is 6.61 Å². The molecule has 1 amide bonds. The predicted molar refractivity (Wildman–Crippen MR) is 100 cm³/mol. The molecule has 150 valence electrons. The van der Waals surface area contributed by atoms with Crippen molar-refractivity contribution in [2.24, 2.45) is 0 Å². The summed E-state index contributed by atoms with van der Waals surface area (Å²) >= 11 is 0. The first-order valence-electron chi connectivity index (χ1n) is 9.50. The molecule has 1 saturated carbocycles. The highest BCUT2D eigenvalue weighted by molar-refractivity contribution is 5.76. The van der Waals surface area contributed by atoms with Gasteiger partial charge in [-0.05, 0) is 55.4 Å². The highest BCUT2D eigenvalue weighted by atomic mass is 19.3. The maximum atomic E-state index is 12.1. The van der Waals surface area contributed by atoms with Crippen LogP contribution in [0.2, 0.25) is 0 Å². The lowest BCUT2D eigenvalue weighted by atomic mass is 10.1. The molecule has 0 radical (unpaired) electrons. The second-order valence-corrected chi connectivity index (χ2v) is 6.83. The second kappa shape index (κ2) is 10.0. The van der Waals surface area contributed by atoms with E-state index in [9.17, 15) is 13.6 Å². The van der Waals surface area contributed by atoms with Crippen molar-refractivity contribution < 1.29 is 23.0 Å². The van der Waals surface area contributed by atoms with Gasteiger partial charge in [-0.15, -0.1) is 0 Å². The summed E-state index contributed by atoms with van der Waals surface area (Å²) in [4.78, 5) is 16.3. The molecular weight excluding hydrogens is 366 g/mol. The van der Waals surface area contributed by atoms with Crippen LogP contribution >= 0.6 is 0 Å². The van der Waals surface area contributed by atoms with Gasteiger partial charge in [0.05, 0.1) is 0 Å². The summed E-state index contributed by atoms with van der Waals surface area (Å²) in [5.41, 5.74) is 1.78. The van der Waals surface area contributed by atoms with Gasteiger partial charge >= 0.3 is 6.61 Å². The molecule has 1 N–H and O–H groups in total. The van der Waals surface area contributed by atoms with Gasteiger partial charge in [-0.1, -0.05) is 18.2 Å². The number of alkyl halides is 2. The number of aryl methyl sites for hydroxylation is 1. The zero-order valence-corrected chi connectivity index (χ0v) is 15.6. The Bertz CT molecular complexity index is 745. The van der Waals surface area contributed by atoms with E-state index in [0.717, 1.165) is 24.0 Å². The maximum Gasteiger partial charge on any atom is 0.387 e. The van der Waals surface area contributed by atoms with Crippen molar-refractivity contribution in [1.29, 1.82) is 0 Å². The zero-order chi connectivity index (χ0) is 19.8. The maximum absolute atomic E-state index is 12.1. The van der Waals surface area contributed by atoms with E-state index in [0.29, 0.717) is 25.3 Å². The van der Waals surface area contributed by atoms with Gasteiger partial charge in [-0.2, -0.15) is 8.78 Å². The molecule has 0 unspecified atom stereocenters. The van der Waals surface area contributed by atoms with Gasteiger partial charge in [0.1, 0.15) is 11.9 Å². The molecule has 1 heterocycles. The Hall–Kier alpha value is -2.70. The third-order valence-electron chi connectivity index (χ3n) is 4.67. The molecule has 5 nitrogen and oxygen atoms in total. The van der Waals surface area contributed by atoms with Gasteiger partial charge in [-0.25, -0.2) is 4.98 Å². The first-order chi connectivity index (χ1) is 13.6. The number of benzene rings is 1. The number of nitrogens with one attached hydrogen (secondary N) is 1. The predicted octanol–water partition coefficient (Wildman–Crippen LogP) is 4.25. The Morgan fingerprint density at radius 1 is 1.11 bits per heavy atom. The van der Waals surface area contributed by atoms with E-state index in [-0.39, 0.29) is 17.8 Å². The normalized spacial score (nSPS) is 14.2. The van der Waals surface area contributed by atoms with Crippen molar-refractivity contribution in [3.05, 3.63) is 53.7 Å². The number of carbonyl (C=O) groups is 1. The largest absolute Gasteiger partial charge is 0.474 e. The summed E-state index contributed by atoms with van der Waals surface area (Å²) < 4.78 is 34.4. The molecule has 2 aromatic rings. The monoisotopic (exact) mass is 390 g/mol.